The molecule has 0 rings (SSSR count). The number of nitrogens with one attached hydrogen (secondary N) is 1. The van der Waals surface area contributed by atoms with Crippen molar-refractivity contribution < 1.29 is 0 Å². The van der Waals surface area contributed by atoms with E-state index in [4.69, 9.17) is 5.41 Å². The van der Waals surface area contributed by atoms with E-state index in [9.17, 15) is 0 Å². The SMILES string of the molecule is CC=CC(CI)=NC=N. The Morgan fingerprint density at radius 3 is 2.78 bits per heavy atom. The molecule has 0 aromatic heterocycles. The lowest BCUT2D eigenvalue weighted by Crippen LogP contribution is -1.93. The molecule has 0 aliphatic heterocycles. The molecule has 0 fully saturated rings. The Balaban J connectivity index is 3.96. The van der Waals surface area contributed by atoms with Crippen LogP contribution in [0.5, 0.6) is 0 Å². The zero-order chi connectivity index (χ0) is 7.11. The van der Waals surface area contributed by atoms with Crippen LogP contribution in [0.2, 0.25) is 0 Å². The van der Waals surface area contributed by atoms with E-state index in [-0.39, 0.29) is 0 Å². The standard InChI is InChI=1S/C6H9IN2/c1-2-3-6(4-7)9-5-8/h2-3,5,8H,4H2,1H3. The molecule has 0 saturated heterocycles. The van der Waals surface area contributed by atoms with Crippen LogP contribution in [0.25, 0.3) is 0 Å². The van der Waals surface area contributed by atoms with Crippen LogP contribution in [-0.2, 0) is 0 Å². The van der Waals surface area contributed by atoms with Crippen LogP contribution in [0, 0.1) is 5.41 Å². The second-order valence-electron chi connectivity index (χ2n) is 1.38. The first-order valence-corrected chi connectivity index (χ1v) is 4.12. The number of hydrogen-bond donors (Lipinski definition) is 1. The zero-order valence-electron chi connectivity index (χ0n) is 5.26. The molecule has 0 aliphatic carbocycles. The van der Waals surface area contributed by atoms with E-state index in [1.54, 1.807) is 0 Å². The summed E-state index contributed by atoms with van der Waals surface area (Å²) in [6.07, 6.45) is 4.88. The summed E-state index contributed by atoms with van der Waals surface area (Å²) in [6.45, 7) is 1.94. The Labute approximate surface area is 68.7 Å². The van der Waals surface area contributed by atoms with E-state index in [1.807, 2.05) is 19.1 Å². The van der Waals surface area contributed by atoms with Gasteiger partial charge in [0.05, 0.1) is 5.71 Å². The van der Waals surface area contributed by atoms with Crippen molar-refractivity contribution in [1.82, 2.24) is 0 Å². The predicted octanol–water partition coefficient (Wildman–Crippen LogP) is 2.05. The molecule has 9 heavy (non-hydrogen) atoms. The van der Waals surface area contributed by atoms with E-state index < -0.39 is 0 Å². The summed E-state index contributed by atoms with van der Waals surface area (Å²) in [4.78, 5) is 3.80. The van der Waals surface area contributed by atoms with Crippen molar-refractivity contribution in [3.63, 3.8) is 0 Å². The normalized spacial score (nSPS) is 12.4. The molecule has 3 heteroatoms. The third kappa shape index (κ3) is 4.32. The summed E-state index contributed by atoms with van der Waals surface area (Å²) in [7, 11) is 0. The Morgan fingerprint density at radius 1 is 1.78 bits per heavy atom. The molecule has 0 aromatic carbocycles. The van der Waals surface area contributed by atoms with E-state index in [2.05, 4.69) is 27.6 Å². The van der Waals surface area contributed by atoms with Crippen LogP contribution in [-0.4, -0.2) is 16.5 Å². The Bertz CT molecular complexity index is 138. The average Bonchev–Trinajstić information content (AvgIpc) is 1.88. The molecule has 0 heterocycles. The van der Waals surface area contributed by atoms with Crippen LogP contribution in [0.4, 0.5) is 0 Å². The molecule has 0 bridgehead atoms. The maximum atomic E-state index is 6.67. The van der Waals surface area contributed by atoms with Crippen molar-refractivity contribution >= 4 is 34.6 Å². The number of allylic oxidation sites excluding steroid dienone is 2. The van der Waals surface area contributed by atoms with Gasteiger partial charge in [-0.2, -0.15) is 0 Å². The van der Waals surface area contributed by atoms with Gasteiger partial charge in [0.15, 0.2) is 0 Å². The highest BCUT2D eigenvalue weighted by Gasteiger charge is 1.85. The molecule has 0 unspecified atom stereocenters. The number of halogens is 1. The maximum absolute atomic E-state index is 6.67. The van der Waals surface area contributed by atoms with Gasteiger partial charge in [0.1, 0.15) is 6.34 Å². The molecule has 0 atom stereocenters. The van der Waals surface area contributed by atoms with Gasteiger partial charge < -0.3 is 0 Å². The monoisotopic (exact) mass is 236 g/mol. The number of nitrogens with zero attached hydrogens (tertiary/aromatic N) is 1. The Kier molecular flexibility index (Phi) is 5.81. The van der Waals surface area contributed by atoms with Gasteiger partial charge >= 0.3 is 0 Å². The molecule has 0 aliphatic rings. The van der Waals surface area contributed by atoms with E-state index in [1.165, 1.54) is 0 Å². The predicted molar refractivity (Wildman–Crippen MR) is 49.9 cm³/mol. The molecular weight excluding hydrogens is 227 g/mol. The fourth-order valence-electron chi connectivity index (χ4n) is 0.397. The molecule has 0 aromatic rings. The number of rotatable bonds is 3. The minimum Gasteiger partial charge on any atom is -0.290 e. The third-order valence-electron chi connectivity index (χ3n) is 0.726. The van der Waals surface area contributed by atoms with Gasteiger partial charge in [-0.1, -0.05) is 28.7 Å². The fourth-order valence-corrected chi connectivity index (χ4v) is 0.849. The molecule has 1 N–H and O–H groups in total. The first-order chi connectivity index (χ1) is 4.35. The Hall–Kier alpha value is -0.190. The van der Waals surface area contributed by atoms with Crippen LogP contribution in [0.15, 0.2) is 17.1 Å². The molecule has 50 valence electrons. The summed E-state index contributed by atoms with van der Waals surface area (Å²) >= 11 is 2.21. The molecule has 2 nitrogen and oxygen atoms in total. The summed E-state index contributed by atoms with van der Waals surface area (Å²) in [5.41, 5.74) is 0.938. The van der Waals surface area contributed by atoms with E-state index in [0.717, 1.165) is 16.5 Å². The first-order valence-electron chi connectivity index (χ1n) is 2.59. The van der Waals surface area contributed by atoms with Gasteiger partial charge in [-0.3, -0.25) is 5.41 Å². The first kappa shape index (κ1) is 8.81. The van der Waals surface area contributed by atoms with E-state index in [0.29, 0.717) is 0 Å². The number of alkyl halides is 1. The summed E-state index contributed by atoms with van der Waals surface area (Å²) in [5.74, 6) is 0. The van der Waals surface area contributed by atoms with Crippen molar-refractivity contribution in [3.8, 4) is 0 Å². The van der Waals surface area contributed by atoms with Crippen LogP contribution >= 0.6 is 22.6 Å². The fraction of sp³-hybridized carbons (Fsp3) is 0.333. The van der Waals surface area contributed by atoms with Crippen molar-refractivity contribution in [2.75, 3.05) is 4.43 Å². The van der Waals surface area contributed by atoms with Crippen molar-refractivity contribution in [1.29, 1.82) is 5.41 Å². The smallest absolute Gasteiger partial charge is 0.107 e. The van der Waals surface area contributed by atoms with Gasteiger partial charge in [-0.15, -0.1) is 0 Å². The van der Waals surface area contributed by atoms with Crippen molar-refractivity contribution in [2.24, 2.45) is 4.99 Å². The molecule has 0 spiro atoms. The van der Waals surface area contributed by atoms with Gasteiger partial charge in [0, 0.05) is 4.43 Å². The zero-order valence-corrected chi connectivity index (χ0v) is 7.42. The molecule has 0 radical (unpaired) electrons. The number of hydrogen-bond acceptors (Lipinski definition) is 1. The molecule has 0 saturated carbocycles. The lowest BCUT2D eigenvalue weighted by Gasteiger charge is -1.87. The minimum atomic E-state index is 0.859. The second kappa shape index (κ2) is 5.94. The topological polar surface area (TPSA) is 36.2 Å². The number of aliphatic imine (C=N–C) groups is 1. The lowest BCUT2D eigenvalue weighted by molar-refractivity contribution is 1.51. The third-order valence-corrected chi connectivity index (χ3v) is 1.51. The van der Waals surface area contributed by atoms with Crippen LogP contribution in [0.1, 0.15) is 6.92 Å². The molecular formula is C6H9IN2. The van der Waals surface area contributed by atoms with Crippen molar-refractivity contribution in [3.05, 3.63) is 12.2 Å². The molecule has 0 amide bonds. The highest BCUT2D eigenvalue weighted by atomic mass is 127. The second-order valence-corrected chi connectivity index (χ2v) is 2.15. The van der Waals surface area contributed by atoms with Gasteiger partial charge in [-0.25, -0.2) is 4.99 Å². The lowest BCUT2D eigenvalue weighted by atomic mass is 10.4. The highest BCUT2D eigenvalue weighted by Crippen LogP contribution is 1.88. The van der Waals surface area contributed by atoms with Gasteiger partial charge in [0.25, 0.3) is 0 Å². The van der Waals surface area contributed by atoms with Gasteiger partial charge in [0.2, 0.25) is 0 Å². The van der Waals surface area contributed by atoms with E-state index >= 15 is 0 Å². The average molecular weight is 236 g/mol. The summed E-state index contributed by atoms with van der Waals surface area (Å²) in [5, 5.41) is 6.67. The van der Waals surface area contributed by atoms with Crippen molar-refractivity contribution in [2.45, 2.75) is 6.92 Å². The Morgan fingerprint density at radius 2 is 2.44 bits per heavy atom. The van der Waals surface area contributed by atoms with Crippen LogP contribution in [0.3, 0.4) is 0 Å². The minimum absolute atomic E-state index is 0.859. The van der Waals surface area contributed by atoms with Crippen LogP contribution < -0.4 is 0 Å². The summed E-state index contributed by atoms with van der Waals surface area (Å²) in [6, 6.07) is 0. The van der Waals surface area contributed by atoms with Gasteiger partial charge in [-0.05, 0) is 13.0 Å². The quantitative estimate of drug-likeness (QED) is 0.337. The highest BCUT2D eigenvalue weighted by molar-refractivity contribution is 14.1. The summed E-state index contributed by atoms with van der Waals surface area (Å²) < 4.78 is 0.859. The maximum Gasteiger partial charge on any atom is 0.107 e. The largest absolute Gasteiger partial charge is 0.290 e.